The maximum absolute atomic E-state index is 13.4. The molecule has 0 heterocycles. The van der Waals surface area contributed by atoms with E-state index in [1.807, 2.05) is 56.0 Å². The second-order valence-corrected chi connectivity index (χ2v) is 11.2. The van der Waals surface area contributed by atoms with Crippen molar-refractivity contribution in [3.63, 3.8) is 0 Å². The Labute approximate surface area is 125 Å². The maximum Gasteiger partial charge on any atom is 0.279 e. The quantitative estimate of drug-likeness (QED) is 0.767. The second-order valence-electron chi connectivity index (χ2n) is 4.82. The zero-order valence-electron chi connectivity index (χ0n) is 13.0. The highest BCUT2D eigenvalue weighted by atomic mass is 32.8. The van der Waals surface area contributed by atoms with E-state index in [-0.39, 0.29) is 5.25 Å². The van der Waals surface area contributed by atoms with Gasteiger partial charge < -0.3 is 0 Å². The first-order valence-electron chi connectivity index (χ1n) is 6.99. The van der Waals surface area contributed by atoms with Crippen molar-refractivity contribution < 1.29 is 4.57 Å². The zero-order chi connectivity index (χ0) is 15.2. The monoisotopic (exact) mass is 315 g/mol. The smallest absolute Gasteiger partial charge is 0.276 e. The molecule has 6 heteroatoms. The van der Waals surface area contributed by atoms with Crippen LogP contribution < -0.4 is 5.09 Å². The Balaban J connectivity index is 3.31. The molecule has 114 valence electrons. The van der Waals surface area contributed by atoms with Crippen LogP contribution in [0, 0.1) is 0 Å². The summed E-state index contributed by atoms with van der Waals surface area (Å²) in [5.74, 6) is 0. The third-order valence-corrected chi connectivity index (χ3v) is 11.0. The largest absolute Gasteiger partial charge is 0.279 e. The first-order valence-corrected chi connectivity index (χ1v) is 10.5. The first kappa shape index (κ1) is 17.6. The SMILES string of the molecule is CCNP(=O)(N(C)C)S(=Nc1ccccc1)C(C)CC. The highest BCUT2D eigenvalue weighted by molar-refractivity contribution is 8.49. The maximum atomic E-state index is 13.4. The predicted molar refractivity (Wildman–Crippen MR) is 90.6 cm³/mol. The Hall–Kier alpha value is -0.480. The van der Waals surface area contributed by atoms with Crippen LogP contribution in [0.2, 0.25) is 0 Å². The fourth-order valence-electron chi connectivity index (χ4n) is 1.71. The minimum Gasteiger partial charge on any atom is -0.276 e. The fourth-order valence-corrected chi connectivity index (χ4v) is 8.59. The summed E-state index contributed by atoms with van der Waals surface area (Å²) in [6.45, 7) is 4.22. The molecule has 1 N–H and O–H groups in total. The van der Waals surface area contributed by atoms with E-state index in [0.717, 1.165) is 12.1 Å². The van der Waals surface area contributed by atoms with Gasteiger partial charge in [0.2, 0.25) is 0 Å². The highest BCUT2D eigenvalue weighted by Crippen LogP contribution is 2.51. The minimum absolute atomic E-state index is 0.280. The molecular formula is C14H26N3OPS. The van der Waals surface area contributed by atoms with Crippen LogP contribution in [0.5, 0.6) is 0 Å². The van der Waals surface area contributed by atoms with E-state index in [9.17, 15) is 4.57 Å². The molecule has 1 rings (SSSR count). The third kappa shape index (κ3) is 4.26. The van der Waals surface area contributed by atoms with Gasteiger partial charge in [-0.2, -0.15) is 0 Å². The second kappa shape index (κ2) is 8.08. The van der Waals surface area contributed by atoms with E-state index in [1.54, 1.807) is 0 Å². The van der Waals surface area contributed by atoms with Crippen molar-refractivity contribution in [3.8, 4) is 0 Å². The summed E-state index contributed by atoms with van der Waals surface area (Å²) in [6.07, 6.45) is 0.961. The summed E-state index contributed by atoms with van der Waals surface area (Å²) < 4.78 is 20.0. The summed E-state index contributed by atoms with van der Waals surface area (Å²) in [5.41, 5.74) is 0.899. The fraction of sp³-hybridized carbons (Fsp3) is 0.571. The van der Waals surface area contributed by atoms with Gasteiger partial charge in [0.05, 0.1) is 5.69 Å². The van der Waals surface area contributed by atoms with E-state index in [0.29, 0.717) is 6.54 Å². The summed E-state index contributed by atoms with van der Waals surface area (Å²) in [5, 5.41) is 3.47. The van der Waals surface area contributed by atoms with Gasteiger partial charge in [-0.05, 0) is 43.0 Å². The molecule has 0 aliphatic carbocycles. The summed E-state index contributed by atoms with van der Waals surface area (Å²) in [4.78, 5) is 0. The molecular weight excluding hydrogens is 289 g/mol. The van der Waals surface area contributed by atoms with Crippen molar-refractivity contribution in [2.75, 3.05) is 20.6 Å². The number of nitrogens with zero attached hydrogens (tertiary/aromatic N) is 2. The van der Waals surface area contributed by atoms with Crippen molar-refractivity contribution in [2.45, 2.75) is 32.4 Å². The van der Waals surface area contributed by atoms with Crippen LogP contribution in [-0.2, 0) is 14.9 Å². The van der Waals surface area contributed by atoms with Gasteiger partial charge in [-0.25, -0.2) is 14.1 Å². The molecule has 0 aliphatic heterocycles. The number of benzene rings is 1. The molecule has 0 fully saturated rings. The number of nitrogens with one attached hydrogen (secondary N) is 1. The van der Waals surface area contributed by atoms with E-state index >= 15 is 0 Å². The molecule has 1 aromatic carbocycles. The zero-order valence-corrected chi connectivity index (χ0v) is 14.7. The van der Waals surface area contributed by atoms with E-state index in [1.165, 1.54) is 0 Å². The number of rotatable bonds is 7. The van der Waals surface area contributed by atoms with Crippen LogP contribution in [0.4, 0.5) is 5.69 Å². The molecule has 4 nitrogen and oxygen atoms in total. The number of hydrogen-bond acceptors (Lipinski definition) is 2. The van der Waals surface area contributed by atoms with Crippen molar-refractivity contribution in [2.24, 2.45) is 4.36 Å². The Morgan fingerprint density at radius 3 is 2.35 bits per heavy atom. The molecule has 0 amide bonds. The lowest BCUT2D eigenvalue weighted by Crippen LogP contribution is -2.28. The van der Waals surface area contributed by atoms with Gasteiger partial charge in [-0.15, -0.1) is 0 Å². The van der Waals surface area contributed by atoms with Gasteiger partial charge in [0.15, 0.2) is 0 Å². The van der Waals surface area contributed by atoms with Crippen molar-refractivity contribution in [3.05, 3.63) is 30.3 Å². The molecule has 0 aromatic heterocycles. The molecule has 0 bridgehead atoms. The minimum atomic E-state index is -2.70. The van der Waals surface area contributed by atoms with Crippen molar-refractivity contribution >= 4 is 22.6 Å². The molecule has 0 spiro atoms. The molecule has 0 saturated carbocycles. The van der Waals surface area contributed by atoms with E-state index in [4.69, 9.17) is 4.36 Å². The van der Waals surface area contributed by atoms with Crippen molar-refractivity contribution in [1.82, 2.24) is 9.76 Å². The summed E-state index contributed by atoms with van der Waals surface area (Å²) in [7, 11) is 3.18. The van der Waals surface area contributed by atoms with Crippen LogP contribution in [0.15, 0.2) is 34.7 Å². The van der Waals surface area contributed by atoms with Crippen LogP contribution in [0.1, 0.15) is 27.2 Å². The summed E-state index contributed by atoms with van der Waals surface area (Å²) >= 11 is 0. The van der Waals surface area contributed by atoms with Crippen LogP contribution in [0.25, 0.3) is 0 Å². The molecule has 3 atom stereocenters. The highest BCUT2D eigenvalue weighted by Gasteiger charge is 2.32. The lowest BCUT2D eigenvalue weighted by atomic mass is 10.3. The molecule has 0 saturated heterocycles. The molecule has 0 aliphatic rings. The topological polar surface area (TPSA) is 44.7 Å². The van der Waals surface area contributed by atoms with Gasteiger partial charge in [-0.1, -0.05) is 39.0 Å². The van der Waals surface area contributed by atoms with E-state index in [2.05, 4.69) is 18.9 Å². The number of hydrogen-bond donors (Lipinski definition) is 1. The average molecular weight is 315 g/mol. The summed E-state index contributed by atoms with van der Waals surface area (Å²) in [6, 6.07) is 9.83. The van der Waals surface area contributed by atoms with Gasteiger partial charge >= 0.3 is 0 Å². The predicted octanol–water partition coefficient (Wildman–Crippen LogP) is 4.20. The first-order chi connectivity index (χ1) is 9.45. The lowest BCUT2D eigenvalue weighted by molar-refractivity contribution is 0.518. The van der Waals surface area contributed by atoms with Crippen molar-refractivity contribution in [1.29, 1.82) is 0 Å². The molecule has 0 radical (unpaired) electrons. The Bertz CT molecular complexity index is 490. The van der Waals surface area contributed by atoms with Gasteiger partial charge in [0.25, 0.3) is 6.65 Å². The van der Waals surface area contributed by atoms with Crippen LogP contribution in [-0.4, -0.2) is 30.6 Å². The average Bonchev–Trinajstić information content (AvgIpc) is 2.45. The Morgan fingerprint density at radius 2 is 1.90 bits per heavy atom. The molecule has 1 aromatic rings. The van der Waals surface area contributed by atoms with Crippen LogP contribution >= 0.6 is 6.65 Å². The lowest BCUT2D eigenvalue weighted by Gasteiger charge is -2.30. The van der Waals surface area contributed by atoms with Gasteiger partial charge in [0.1, 0.15) is 0 Å². The molecule has 20 heavy (non-hydrogen) atoms. The normalized spacial score (nSPS) is 17.9. The third-order valence-electron chi connectivity index (χ3n) is 3.03. The van der Waals surface area contributed by atoms with Crippen LogP contribution in [0.3, 0.4) is 0 Å². The molecule has 3 unspecified atom stereocenters. The van der Waals surface area contributed by atoms with Gasteiger partial charge in [0, 0.05) is 11.8 Å². The Morgan fingerprint density at radius 1 is 1.30 bits per heavy atom. The standard InChI is InChI=1S/C14H26N3OPS/c1-6-13(3)20(16-14-11-9-8-10-12-14)19(18,15-7-2)17(4)5/h8-13H,6-7H2,1-5H3,(H,15,18). The van der Waals surface area contributed by atoms with E-state index < -0.39 is 17.0 Å². The van der Waals surface area contributed by atoms with Gasteiger partial charge in [-0.3, -0.25) is 4.57 Å². The Kier molecular flexibility index (Phi) is 7.10.